The number of ether oxygens (including phenoxy) is 1. The molecule has 12 heteroatoms. The highest BCUT2D eigenvalue weighted by atomic mass is 32.2. The number of nitrogens with one attached hydrogen (secondary N) is 2. The highest BCUT2D eigenvalue weighted by Crippen LogP contribution is 2.30. The van der Waals surface area contributed by atoms with Crippen molar-refractivity contribution in [1.82, 2.24) is 15.1 Å². The molecule has 0 atom stereocenters. The quantitative estimate of drug-likeness (QED) is 0.600. The molecule has 0 bridgehead atoms. The van der Waals surface area contributed by atoms with Crippen molar-refractivity contribution in [1.29, 1.82) is 0 Å². The van der Waals surface area contributed by atoms with E-state index in [9.17, 15) is 22.4 Å². The van der Waals surface area contributed by atoms with Crippen LogP contribution in [0.5, 0.6) is 0 Å². The van der Waals surface area contributed by atoms with Gasteiger partial charge in [0.1, 0.15) is 5.82 Å². The van der Waals surface area contributed by atoms with E-state index < -0.39 is 21.9 Å². The third kappa shape index (κ3) is 5.88. The predicted molar refractivity (Wildman–Crippen MR) is 133 cm³/mol. The average Bonchev–Trinajstić information content (AvgIpc) is 2.89. The molecule has 2 aromatic carbocycles. The molecule has 2 aliphatic heterocycles. The van der Waals surface area contributed by atoms with E-state index in [2.05, 4.69) is 10.0 Å². The van der Waals surface area contributed by atoms with E-state index in [-0.39, 0.29) is 23.1 Å². The highest BCUT2D eigenvalue weighted by molar-refractivity contribution is 7.92. The Morgan fingerprint density at radius 3 is 2.25 bits per heavy atom. The summed E-state index contributed by atoms with van der Waals surface area (Å²) in [7, 11) is -4.02. The number of carbonyl (C=O) groups excluding carboxylic acids is 2. The summed E-state index contributed by atoms with van der Waals surface area (Å²) in [4.78, 5) is 30.4. The number of halogens is 1. The summed E-state index contributed by atoms with van der Waals surface area (Å²) in [5.41, 5.74) is 1.26. The zero-order valence-corrected chi connectivity index (χ0v) is 20.9. The lowest BCUT2D eigenvalue weighted by Gasteiger charge is -2.34. The number of rotatable bonds is 6. The van der Waals surface area contributed by atoms with Gasteiger partial charge in [0.25, 0.3) is 15.9 Å². The van der Waals surface area contributed by atoms with Gasteiger partial charge in [-0.25, -0.2) is 17.6 Å². The fourth-order valence-corrected chi connectivity index (χ4v) is 5.30. The SMILES string of the molecule is CCOC(=O)N1CCN(C(=O)c2ccc(N3CCNCC3)c(NS(=O)(=O)c3ccc(F)cc3)c2)CC1. The molecular weight excluding hydrogens is 489 g/mol. The molecule has 4 rings (SSSR count). The van der Waals surface area contributed by atoms with Gasteiger partial charge in [-0.2, -0.15) is 0 Å². The first kappa shape index (κ1) is 25.7. The lowest BCUT2D eigenvalue weighted by molar-refractivity contribution is 0.0570. The van der Waals surface area contributed by atoms with Gasteiger partial charge in [-0.15, -0.1) is 0 Å². The minimum absolute atomic E-state index is 0.0815. The summed E-state index contributed by atoms with van der Waals surface area (Å²) in [6.45, 7) is 6.26. The third-order valence-corrected chi connectivity index (χ3v) is 7.54. The van der Waals surface area contributed by atoms with Crippen molar-refractivity contribution in [2.24, 2.45) is 0 Å². The Kier molecular flexibility index (Phi) is 7.94. The van der Waals surface area contributed by atoms with Gasteiger partial charge < -0.3 is 24.8 Å². The van der Waals surface area contributed by atoms with Crippen LogP contribution < -0.4 is 14.9 Å². The molecule has 0 unspecified atom stereocenters. The summed E-state index contributed by atoms with van der Waals surface area (Å²) >= 11 is 0. The fourth-order valence-electron chi connectivity index (χ4n) is 4.24. The second kappa shape index (κ2) is 11.1. The molecule has 0 radical (unpaired) electrons. The Bertz CT molecular complexity index is 1190. The topological polar surface area (TPSA) is 111 Å². The van der Waals surface area contributed by atoms with Gasteiger partial charge in [0, 0.05) is 57.9 Å². The van der Waals surface area contributed by atoms with Gasteiger partial charge in [0.05, 0.1) is 22.9 Å². The number of piperazine rings is 2. The number of hydrogen-bond donors (Lipinski definition) is 2. The molecule has 2 aliphatic rings. The average molecular weight is 520 g/mol. The number of sulfonamides is 1. The van der Waals surface area contributed by atoms with Crippen molar-refractivity contribution < 1.29 is 27.1 Å². The molecule has 0 aromatic heterocycles. The maximum Gasteiger partial charge on any atom is 0.409 e. The van der Waals surface area contributed by atoms with Crippen molar-refractivity contribution in [3.8, 4) is 0 Å². The van der Waals surface area contributed by atoms with E-state index in [4.69, 9.17) is 4.74 Å². The molecule has 36 heavy (non-hydrogen) atoms. The first-order chi connectivity index (χ1) is 17.3. The summed E-state index contributed by atoms with van der Waals surface area (Å²) in [5, 5.41) is 3.26. The highest BCUT2D eigenvalue weighted by Gasteiger charge is 2.27. The van der Waals surface area contributed by atoms with Crippen molar-refractivity contribution in [3.63, 3.8) is 0 Å². The van der Waals surface area contributed by atoms with E-state index in [1.807, 2.05) is 4.90 Å². The summed E-state index contributed by atoms with van der Waals surface area (Å²) in [5.74, 6) is -0.793. The molecule has 2 fully saturated rings. The molecule has 2 N–H and O–H groups in total. The summed E-state index contributed by atoms with van der Waals surface area (Å²) < 4.78 is 47.1. The standard InChI is InChI=1S/C24H30FN5O5S/c1-2-35-24(32)30-15-13-29(14-16-30)23(31)18-3-8-22(28-11-9-26-10-12-28)21(17-18)27-36(33,34)20-6-4-19(25)5-7-20/h3-8,17,26-27H,2,9-16H2,1H3. The minimum atomic E-state index is -4.02. The number of nitrogens with zero attached hydrogens (tertiary/aromatic N) is 3. The number of amides is 2. The van der Waals surface area contributed by atoms with E-state index in [0.29, 0.717) is 50.5 Å². The molecule has 0 saturated carbocycles. The Balaban J connectivity index is 1.57. The maximum atomic E-state index is 13.3. The van der Waals surface area contributed by atoms with E-state index in [1.165, 1.54) is 12.1 Å². The molecule has 194 valence electrons. The van der Waals surface area contributed by atoms with Crippen LogP contribution in [0.1, 0.15) is 17.3 Å². The lowest BCUT2D eigenvalue weighted by atomic mass is 10.1. The molecule has 0 spiro atoms. The van der Waals surface area contributed by atoms with Crippen molar-refractivity contribution in [2.75, 3.05) is 68.6 Å². The Labute approximate surface area is 210 Å². The van der Waals surface area contributed by atoms with Crippen LogP contribution in [0, 0.1) is 5.82 Å². The molecular formula is C24H30FN5O5S. The van der Waals surface area contributed by atoms with Crippen LogP contribution in [0.25, 0.3) is 0 Å². The van der Waals surface area contributed by atoms with Crippen molar-refractivity contribution >= 4 is 33.4 Å². The molecule has 2 aromatic rings. The molecule has 0 aliphatic carbocycles. The van der Waals surface area contributed by atoms with Gasteiger partial charge in [-0.3, -0.25) is 9.52 Å². The van der Waals surface area contributed by atoms with Gasteiger partial charge in [0.2, 0.25) is 0 Å². The molecule has 2 saturated heterocycles. The minimum Gasteiger partial charge on any atom is -0.450 e. The van der Waals surface area contributed by atoms with E-state index in [0.717, 1.165) is 25.2 Å². The predicted octanol–water partition coefficient (Wildman–Crippen LogP) is 1.95. The zero-order valence-electron chi connectivity index (χ0n) is 20.1. The van der Waals surface area contributed by atoms with Gasteiger partial charge in [0.15, 0.2) is 0 Å². The molecule has 2 amide bonds. The van der Waals surface area contributed by atoms with Crippen molar-refractivity contribution in [2.45, 2.75) is 11.8 Å². The summed E-state index contributed by atoms with van der Waals surface area (Å²) in [6, 6.07) is 9.53. The third-order valence-electron chi connectivity index (χ3n) is 6.16. The fraction of sp³-hybridized carbons (Fsp3) is 0.417. The molecule has 10 nitrogen and oxygen atoms in total. The van der Waals surface area contributed by atoms with Crippen LogP contribution in [-0.2, 0) is 14.8 Å². The monoisotopic (exact) mass is 519 g/mol. The summed E-state index contributed by atoms with van der Waals surface area (Å²) in [6.07, 6.45) is -0.401. The maximum absolute atomic E-state index is 13.3. The molecule has 2 heterocycles. The van der Waals surface area contributed by atoms with E-state index >= 15 is 0 Å². The van der Waals surface area contributed by atoms with Crippen molar-refractivity contribution in [3.05, 3.63) is 53.8 Å². The van der Waals surface area contributed by atoms with Gasteiger partial charge in [-0.05, 0) is 49.4 Å². The largest absolute Gasteiger partial charge is 0.450 e. The Morgan fingerprint density at radius 1 is 0.972 bits per heavy atom. The smallest absolute Gasteiger partial charge is 0.409 e. The van der Waals surface area contributed by atoms with E-state index in [1.54, 1.807) is 34.9 Å². The van der Waals surface area contributed by atoms with Crippen LogP contribution in [0.2, 0.25) is 0 Å². The van der Waals surface area contributed by atoms with Crippen LogP contribution in [-0.4, -0.2) is 89.2 Å². The first-order valence-electron chi connectivity index (χ1n) is 11.9. The van der Waals surface area contributed by atoms with Gasteiger partial charge in [-0.1, -0.05) is 0 Å². The first-order valence-corrected chi connectivity index (χ1v) is 13.4. The van der Waals surface area contributed by atoms with Crippen LogP contribution in [0.3, 0.4) is 0 Å². The van der Waals surface area contributed by atoms with Crippen LogP contribution in [0.4, 0.5) is 20.6 Å². The van der Waals surface area contributed by atoms with Gasteiger partial charge >= 0.3 is 6.09 Å². The Morgan fingerprint density at radius 2 is 1.61 bits per heavy atom. The number of benzene rings is 2. The van der Waals surface area contributed by atoms with Crippen LogP contribution in [0.15, 0.2) is 47.4 Å². The number of hydrogen-bond acceptors (Lipinski definition) is 7. The second-order valence-corrected chi connectivity index (χ2v) is 10.2. The second-order valence-electron chi connectivity index (χ2n) is 8.51. The number of anilines is 2. The van der Waals surface area contributed by atoms with Crippen LogP contribution >= 0.6 is 0 Å². The lowest BCUT2D eigenvalue weighted by Crippen LogP contribution is -2.50. The number of carbonyl (C=O) groups is 2. The normalized spacial score (nSPS) is 16.6. The Hall–Kier alpha value is -3.38. The zero-order chi connectivity index (χ0) is 25.7.